The Balaban J connectivity index is 2.52. The van der Waals surface area contributed by atoms with E-state index in [2.05, 4.69) is 8.32 Å². The van der Waals surface area contributed by atoms with E-state index in [0.29, 0.717) is 35.1 Å². The molecule has 0 aromatic heterocycles. The number of benzene rings is 2. The van der Waals surface area contributed by atoms with Gasteiger partial charge < -0.3 is 24.0 Å². The number of halogens is 2. The van der Waals surface area contributed by atoms with Crippen molar-refractivity contribution < 1.29 is 17.8 Å². The Bertz CT molecular complexity index is 815. The van der Waals surface area contributed by atoms with Gasteiger partial charge >= 0.3 is 0 Å². The molecule has 0 aliphatic heterocycles. The maximum absolute atomic E-state index is 13.4. The fourth-order valence-corrected chi connectivity index (χ4v) is 3.40. The molecule has 4 N–H and O–H groups in total. The lowest BCUT2D eigenvalue weighted by Gasteiger charge is -2.32. The van der Waals surface area contributed by atoms with E-state index in [-0.39, 0.29) is 18.3 Å². The minimum Gasteiger partial charge on any atom is -0.392 e. The summed E-state index contributed by atoms with van der Waals surface area (Å²) >= 11 is 1.61. The molecule has 0 bridgehead atoms. The van der Waals surface area contributed by atoms with Gasteiger partial charge in [-0.2, -0.15) is 0 Å². The van der Waals surface area contributed by atoms with Gasteiger partial charge in [-0.15, -0.1) is 0 Å². The smallest absolute Gasteiger partial charge is 0.230 e. The molecular formula is C20H25FIN3O3. The summed E-state index contributed by atoms with van der Waals surface area (Å²) in [6.45, 7) is 0.487. The number of aliphatic hydroxyl groups is 2. The zero-order chi connectivity index (χ0) is 20.7. The lowest BCUT2D eigenvalue weighted by molar-refractivity contribution is 0.0641. The molecule has 6 nitrogen and oxygen atoms in total. The number of amidine groups is 1. The Morgan fingerprint density at radius 1 is 1.25 bits per heavy atom. The largest absolute Gasteiger partial charge is 0.392 e. The number of rotatable bonds is 9. The molecule has 0 amide bonds. The van der Waals surface area contributed by atoms with Crippen molar-refractivity contribution in [2.45, 2.75) is 25.0 Å². The maximum atomic E-state index is 13.4. The van der Waals surface area contributed by atoms with E-state index in [0.717, 1.165) is 6.54 Å². The number of oxime groups is 1. The molecule has 152 valence electrons. The number of hydrogen-bond donors (Lipinski definition) is 3. The van der Waals surface area contributed by atoms with Crippen LogP contribution >= 0.6 is 23.0 Å². The van der Waals surface area contributed by atoms with Crippen molar-refractivity contribution in [3.05, 3.63) is 70.5 Å². The third kappa shape index (κ3) is 5.40. The second-order valence-corrected chi connectivity index (χ2v) is 7.24. The molecule has 2 aromatic rings. The summed E-state index contributed by atoms with van der Waals surface area (Å²) in [6, 6.07) is 10.9. The van der Waals surface area contributed by atoms with E-state index in [9.17, 15) is 14.6 Å². The van der Waals surface area contributed by atoms with Gasteiger partial charge in [0.25, 0.3) is 0 Å². The average Bonchev–Trinajstić information content (AvgIpc) is 2.67. The predicted molar refractivity (Wildman–Crippen MR) is 115 cm³/mol. The van der Waals surface area contributed by atoms with Crippen LogP contribution in [0.4, 0.5) is 4.39 Å². The third-order valence-electron chi connectivity index (χ3n) is 4.62. The first-order valence-electron chi connectivity index (χ1n) is 8.81. The van der Waals surface area contributed by atoms with Crippen LogP contribution in [-0.4, -0.2) is 41.6 Å². The summed E-state index contributed by atoms with van der Waals surface area (Å²) in [5, 5.41) is 25.3. The predicted octanol–water partition coefficient (Wildman–Crippen LogP) is 2.88. The summed E-state index contributed by atoms with van der Waals surface area (Å²) in [5.41, 5.74) is 6.67. The molecule has 1 unspecified atom stereocenters. The van der Waals surface area contributed by atoms with Crippen LogP contribution in [0.1, 0.15) is 35.1 Å². The topological polar surface area (TPSA) is 91.3 Å². The Morgan fingerprint density at radius 2 is 1.93 bits per heavy atom. The molecule has 2 rings (SSSR count). The van der Waals surface area contributed by atoms with Crippen LogP contribution < -0.4 is 5.73 Å². The highest BCUT2D eigenvalue weighted by Gasteiger charge is 2.33. The Labute approximate surface area is 178 Å². The van der Waals surface area contributed by atoms with Crippen molar-refractivity contribution >= 4 is 28.8 Å². The molecular weight excluding hydrogens is 476 g/mol. The molecule has 0 aliphatic carbocycles. The zero-order valence-electron chi connectivity index (χ0n) is 15.9. The maximum Gasteiger partial charge on any atom is 0.230 e. The highest BCUT2D eigenvalue weighted by molar-refractivity contribution is 14.1. The lowest BCUT2D eigenvalue weighted by Crippen LogP contribution is -2.30. The SMILES string of the molecule is CN(C)CCCC(O)(c1ccc(F)cc1)c1ccc(/C(N)=N/OI)cc1CO. The van der Waals surface area contributed by atoms with Gasteiger partial charge in [-0.1, -0.05) is 29.4 Å². The molecule has 0 radical (unpaired) electrons. The third-order valence-corrected chi connectivity index (χ3v) is 4.81. The van der Waals surface area contributed by atoms with Crippen molar-refractivity contribution in [1.82, 2.24) is 4.90 Å². The van der Waals surface area contributed by atoms with E-state index in [1.54, 1.807) is 53.3 Å². The van der Waals surface area contributed by atoms with Crippen LogP contribution in [0, 0.1) is 5.82 Å². The second kappa shape index (κ2) is 10.1. The van der Waals surface area contributed by atoms with E-state index >= 15 is 0 Å². The van der Waals surface area contributed by atoms with Crippen molar-refractivity contribution in [2.24, 2.45) is 10.9 Å². The van der Waals surface area contributed by atoms with Crippen LogP contribution in [0.25, 0.3) is 0 Å². The normalized spacial score (nSPS) is 14.2. The summed E-state index contributed by atoms with van der Waals surface area (Å²) in [5.74, 6) is -0.214. The molecule has 0 aliphatic rings. The number of nitrogens with zero attached hydrogens (tertiary/aromatic N) is 2. The first-order chi connectivity index (χ1) is 13.3. The van der Waals surface area contributed by atoms with Crippen LogP contribution in [0.5, 0.6) is 0 Å². The fraction of sp³-hybridized carbons (Fsp3) is 0.350. The van der Waals surface area contributed by atoms with Crippen molar-refractivity contribution in [2.75, 3.05) is 20.6 Å². The highest BCUT2D eigenvalue weighted by Crippen LogP contribution is 2.37. The van der Waals surface area contributed by atoms with Gasteiger partial charge in [0.15, 0.2) is 5.84 Å². The number of nitrogens with two attached hydrogens (primary N) is 1. The lowest BCUT2D eigenvalue weighted by atomic mass is 9.80. The minimum absolute atomic E-state index is 0.161. The number of hydrogen-bond acceptors (Lipinski definition) is 5. The van der Waals surface area contributed by atoms with Gasteiger partial charge in [-0.05, 0) is 68.4 Å². The molecule has 1 atom stereocenters. The molecule has 2 aromatic carbocycles. The summed E-state index contributed by atoms with van der Waals surface area (Å²) in [6.07, 6.45) is 1.11. The van der Waals surface area contributed by atoms with Crippen LogP contribution in [0.15, 0.2) is 47.6 Å². The van der Waals surface area contributed by atoms with Gasteiger partial charge in [-0.25, -0.2) is 4.39 Å². The Hall–Kier alpha value is -1.75. The van der Waals surface area contributed by atoms with Crippen molar-refractivity contribution in [3.8, 4) is 0 Å². The van der Waals surface area contributed by atoms with Crippen molar-refractivity contribution in [1.29, 1.82) is 0 Å². The van der Waals surface area contributed by atoms with Gasteiger partial charge in [0.05, 0.1) is 6.61 Å². The van der Waals surface area contributed by atoms with Crippen LogP contribution in [0.3, 0.4) is 0 Å². The van der Waals surface area contributed by atoms with Crippen LogP contribution in [0.2, 0.25) is 0 Å². The van der Waals surface area contributed by atoms with Gasteiger partial charge in [0.1, 0.15) is 11.4 Å². The van der Waals surface area contributed by atoms with Gasteiger partial charge in [0.2, 0.25) is 23.0 Å². The summed E-state index contributed by atoms with van der Waals surface area (Å²) in [4.78, 5) is 2.03. The molecule has 0 saturated heterocycles. The molecule has 0 spiro atoms. The van der Waals surface area contributed by atoms with E-state index < -0.39 is 5.60 Å². The van der Waals surface area contributed by atoms with Gasteiger partial charge in [-0.3, -0.25) is 0 Å². The Morgan fingerprint density at radius 3 is 2.50 bits per heavy atom. The van der Waals surface area contributed by atoms with Gasteiger partial charge in [0, 0.05) is 5.56 Å². The summed E-state index contributed by atoms with van der Waals surface area (Å²) in [7, 11) is 3.92. The molecule has 8 heteroatoms. The zero-order valence-corrected chi connectivity index (χ0v) is 18.1. The van der Waals surface area contributed by atoms with Crippen molar-refractivity contribution in [3.63, 3.8) is 0 Å². The fourth-order valence-electron chi connectivity index (χ4n) is 3.19. The molecule has 0 fully saturated rings. The van der Waals surface area contributed by atoms with E-state index in [1.165, 1.54) is 12.1 Å². The molecule has 0 saturated carbocycles. The second-order valence-electron chi connectivity index (χ2n) is 6.85. The number of aliphatic hydroxyl groups excluding tert-OH is 1. The Kier molecular flexibility index (Phi) is 8.17. The first kappa shape index (κ1) is 22.5. The quantitative estimate of drug-likeness (QED) is 0.213. The minimum atomic E-state index is -1.38. The van der Waals surface area contributed by atoms with Crippen LogP contribution in [-0.2, 0) is 15.4 Å². The highest BCUT2D eigenvalue weighted by atomic mass is 127. The van der Waals surface area contributed by atoms with E-state index in [4.69, 9.17) is 5.73 Å². The molecule has 28 heavy (non-hydrogen) atoms. The molecule has 0 heterocycles. The standard InChI is InChI=1S/C20H25FIN3O3/c1-25(2)11-3-10-20(27,16-5-7-17(21)8-6-16)18-9-4-14(12-15(18)13-26)19(23)24-28-22/h4-9,12,26-27H,3,10-11,13H2,1-2H3,(H2,23,24). The first-order valence-corrected chi connectivity index (χ1v) is 9.69. The monoisotopic (exact) mass is 501 g/mol. The van der Waals surface area contributed by atoms with E-state index in [1.807, 2.05) is 19.0 Å². The summed E-state index contributed by atoms with van der Waals surface area (Å²) < 4.78 is 18.1. The average molecular weight is 501 g/mol.